The Morgan fingerprint density at radius 3 is 2.52 bits per heavy atom. The summed E-state index contributed by atoms with van der Waals surface area (Å²) in [5.41, 5.74) is 1.32. The summed E-state index contributed by atoms with van der Waals surface area (Å²) in [6.07, 6.45) is 3.01. The molecule has 21 heavy (non-hydrogen) atoms. The van der Waals surface area contributed by atoms with E-state index in [4.69, 9.17) is 0 Å². The lowest BCUT2D eigenvalue weighted by Gasteiger charge is -2.19. The highest BCUT2D eigenvalue weighted by atomic mass is 32.1. The monoisotopic (exact) mass is 308 g/mol. The van der Waals surface area contributed by atoms with Crippen LogP contribution in [-0.2, 0) is 17.6 Å². The molecule has 0 aromatic carbocycles. The van der Waals surface area contributed by atoms with Crippen LogP contribution < -0.4 is 10.6 Å². The fraction of sp³-hybridized carbons (Fsp3) is 0.625. The van der Waals surface area contributed by atoms with E-state index in [1.165, 1.54) is 4.88 Å². The Labute approximate surface area is 130 Å². The molecule has 1 aromatic rings. The van der Waals surface area contributed by atoms with Gasteiger partial charge in [-0.05, 0) is 30.7 Å². The Bertz CT molecular complexity index is 570. The van der Waals surface area contributed by atoms with Gasteiger partial charge < -0.3 is 10.6 Å². The lowest BCUT2D eigenvalue weighted by molar-refractivity contribution is -0.123. The van der Waals surface area contributed by atoms with Crippen LogP contribution >= 0.6 is 11.3 Å². The maximum absolute atomic E-state index is 12.2. The number of fused-ring (bicyclic) bond motifs is 1. The zero-order valence-electron chi connectivity index (χ0n) is 13.4. The zero-order valence-corrected chi connectivity index (χ0v) is 14.2. The number of anilines is 1. The summed E-state index contributed by atoms with van der Waals surface area (Å²) >= 11 is 1.56. The summed E-state index contributed by atoms with van der Waals surface area (Å²) in [4.78, 5) is 25.7. The Morgan fingerprint density at radius 1 is 1.29 bits per heavy atom. The van der Waals surface area contributed by atoms with Gasteiger partial charge in [-0.15, -0.1) is 11.3 Å². The Kier molecular flexibility index (Phi) is 4.42. The molecule has 0 spiro atoms. The summed E-state index contributed by atoms with van der Waals surface area (Å²) in [5, 5.41) is 6.36. The van der Waals surface area contributed by atoms with Crippen LogP contribution in [0.2, 0.25) is 0 Å². The largest absolute Gasteiger partial charge is 0.355 e. The molecule has 0 saturated carbocycles. The first-order chi connectivity index (χ1) is 9.74. The SMILES string of the molecule is CNC(=O)c1c(NC(=O)C(C)(C)C)sc2c1CCC(C)C2. The predicted molar refractivity (Wildman–Crippen MR) is 87.0 cm³/mol. The summed E-state index contributed by atoms with van der Waals surface area (Å²) in [6, 6.07) is 0. The van der Waals surface area contributed by atoms with Gasteiger partial charge in [0.2, 0.25) is 5.91 Å². The van der Waals surface area contributed by atoms with Crippen LogP contribution in [0.3, 0.4) is 0 Å². The number of hydrogen-bond acceptors (Lipinski definition) is 3. The van der Waals surface area contributed by atoms with Gasteiger partial charge >= 0.3 is 0 Å². The topological polar surface area (TPSA) is 58.2 Å². The van der Waals surface area contributed by atoms with Crippen molar-refractivity contribution in [3.05, 3.63) is 16.0 Å². The number of hydrogen-bond donors (Lipinski definition) is 2. The molecule has 4 nitrogen and oxygen atoms in total. The number of thiophene rings is 1. The molecule has 0 saturated heterocycles. The van der Waals surface area contributed by atoms with Crippen molar-refractivity contribution in [3.8, 4) is 0 Å². The number of nitrogens with one attached hydrogen (secondary N) is 2. The van der Waals surface area contributed by atoms with Gasteiger partial charge in [-0.25, -0.2) is 0 Å². The van der Waals surface area contributed by atoms with Crippen molar-refractivity contribution < 1.29 is 9.59 Å². The molecular weight excluding hydrogens is 284 g/mol. The van der Waals surface area contributed by atoms with Crippen LogP contribution in [0.25, 0.3) is 0 Å². The number of carbonyl (C=O) groups is 2. The first-order valence-corrected chi connectivity index (χ1v) is 8.23. The lowest BCUT2D eigenvalue weighted by Crippen LogP contribution is -2.29. The van der Waals surface area contributed by atoms with E-state index < -0.39 is 5.41 Å². The summed E-state index contributed by atoms with van der Waals surface area (Å²) < 4.78 is 0. The first kappa shape index (κ1) is 16.0. The van der Waals surface area contributed by atoms with E-state index in [-0.39, 0.29) is 11.8 Å². The van der Waals surface area contributed by atoms with Crippen LogP contribution in [0.1, 0.15) is 54.9 Å². The van der Waals surface area contributed by atoms with Gasteiger partial charge in [-0.3, -0.25) is 9.59 Å². The number of amides is 2. The van der Waals surface area contributed by atoms with Crippen molar-refractivity contribution in [1.82, 2.24) is 5.32 Å². The third-order valence-electron chi connectivity index (χ3n) is 3.87. The molecule has 1 aromatic heterocycles. The second kappa shape index (κ2) is 5.79. The fourth-order valence-electron chi connectivity index (χ4n) is 2.49. The molecule has 1 atom stereocenters. The molecule has 5 heteroatoms. The van der Waals surface area contributed by atoms with E-state index in [0.29, 0.717) is 16.5 Å². The highest BCUT2D eigenvalue weighted by molar-refractivity contribution is 7.17. The third kappa shape index (κ3) is 3.28. The molecule has 1 heterocycles. The van der Waals surface area contributed by atoms with Gasteiger partial charge in [-0.2, -0.15) is 0 Å². The van der Waals surface area contributed by atoms with Gasteiger partial charge in [0.1, 0.15) is 5.00 Å². The smallest absolute Gasteiger partial charge is 0.254 e. The van der Waals surface area contributed by atoms with Crippen LogP contribution in [0.4, 0.5) is 5.00 Å². The van der Waals surface area contributed by atoms with E-state index in [2.05, 4.69) is 17.6 Å². The number of carbonyl (C=O) groups excluding carboxylic acids is 2. The number of rotatable bonds is 2. The second-order valence-electron chi connectivity index (χ2n) is 6.84. The van der Waals surface area contributed by atoms with Gasteiger partial charge in [0, 0.05) is 17.3 Å². The van der Waals surface area contributed by atoms with Gasteiger partial charge in [0.15, 0.2) is 0 Å². The average Bonchev–Trinajstić information content (AvgIpc) is 2.73. The maximum Gasteiger partial charge on any atom is 0.254 e. The molecule has 1 unspecified atom stereocenters. The van der Waals surface area contributed by atoms with Crippen molar-refractivity contribution in [2.45, 2.75) is 47.0 Å². The highest BCUT2D eigenvalue weighted by Gasteiger charge is 2.30. The van der Waals surface area contributed by atoms with Crippen molar-refractivity contribution >= 4 is 28.2 Å². The van der Waals surface area contributed by atoms with Crippen LogP contribution in [0.15, 0.2) is 0 Å². The molecule has 1 aliphatic carbocycles. The fourth-order valence-corrected chi connectivity index (χ4v) is 3.90. The van der Waals surface area contributed by atoms with Crippen molar-refractivity contribution in [2.75, 3.05) is 12.4 Å². The van der Waals surface area contributed by atoms with Crippen LogP contribution in [-0.4, -0.2) is 18.9 Å². The molecule has 116 valence electrons. The predicted octanol–water partition coefficient (Wildman–Crippen LogP) is 3.22. The molecule has 0 radical (unpaired) electrons. The third-order valence-corrected chi connectivity index (χ3v) is 5.04. The quantitative estimate of drug-likeness (QED) is 0.881. The molecule has 0 fully saturated rings. The average molecular weight is 308 g/mol. The van der Waals surface area contributed by atoms with E-state index in [1.807, 2.05) is 20.8 Å². The van der Waals surface area contributed by atoms with Crippen molar-refractivity contribution in [1.29, 1.82) is 0 Å². The van der Waals surface area contributed by atoms with Gasteiger partial charge in [-0.1, -0.05) is 27.7 Å². The molecule has 1 aliphatic rings. The minimum Gasteiger partial charge on any atom is -0.355 e. The minimum atomic E-state index is -0.474. The van der Waals surface area contributed by atoms with E-state index in [9.17, 15) is 9.59 Å². The highest BCUT2D eigenvalue weighted by Crippen LogP contribution is 2.40. The Hall–Kier alpha value is -1.36. The lowest BCUT2D eigenvalue weighted by atomic mass is 9.88. The van der Waals surface area contributed by atoms with Crippen molar-refractivity contribution in [3.63, 3.8) is 0 Å². The Morgan fingerprint density at radius 2 is 1.95 bits per heavy atom. The summed E-state index contributed by atoms with van der Waals surface area (Å²) in [7, 11) is 1.63. The summed E-state index contributed by atoms with van der Waals surface area (Å²) in [6.45, 7) is 7.85. The van der Waals surface area contributed by atoms with E-state index in [1.54, 1.807) is 18.4 Å². The van der Waals surface area contributed by atoms with Crippen LogP contribution in [0, 0.1) is 11.3 Å². The second-order valence-corrected chi connectivity index (χ2v) is 7.94. The molecule has 2 N–H and O–H groups in total. The molecule has 2 amide bonds. The maximum atomic E-state index is 12.2. The van der Waals surface area contributed by atoms with Gasteiger partial charge in [0.25, 0.3) is 5.91 Å². The van der Waals surface area contributed by atoms with Crippen LogP contribution in [0.5, 0.6) is 0 Å². The summed E-state index contributed by atoms with van der Waals surface area (Å²) in [5.74, 6) is 0.477. The van der Waals surface area contributed by atoms with E-state index in [0.717, 1.165) is 24.8 Å². The van der Waals surface area contributed by atoms with Crippen molar-refractivity contribution in [2.24, 2.45) is 11.3 Å². The molecule has 0 bridgehead atoms. The standard InChI is InChI=1S/C16H24N2O2S/c1-9-6-7-10-11(8-9)21-14(12(10)13(19)17-5)18-15(20)16(2,3)4/h9H,6-8H2,1-5H3,(H,17,19)(H,18,20). The minimum absolute atomic E-state index is 0.0562. The molecule has 2 rings (SSSR count). The van der Waals surface area contributed by atoms with E-state index >= 15 is 0 Å². The molecular formula is C16H24N2O2S. The zero-order chi connectivity index (χ0) is 15.8. The molecule has 0 aliphatic heterocycles. The normalized spacial score (nSPS) is 18.0. The Balaban J connectivity index is 2.41. The first-order valence-electron chi connectivity index (χ1n) is 7.42. The van der Waals surface area contributed by atoms with Gasteiger partial charge in [0.05, 0.1) is 5.56 Å².